The van der Waals surface area contributed by atoms with E-state index in [2.05, 4.69) is 15.3 Å². The van der Waals surface area contributed by atoms with Crippen molar-refractivity contribution in [2.24, 2.45) is 0 Å². The van der Waals surface area contributed by atoms with E-state index in [0.29, 0.717) is 39.7 Å². The van der Waals surface area contributed by atoms with E-state index in [1.54, 1.807) is 44.3 Å². The minimum atomic E-state index is -1.28. The van der Waals surface area contributed by atoms with Crippen molar-refractivity contribution in [2.75, 3.05) is 6.61 Å². The standard InChI is InChI=1S/C47H42F2N4O8/c1-25-26(2)50-14-13-38(25)31-7-5-29(6-8-31)17-39(47(56)57)52-45(54)40-18-33-19-41-42(20-34(33)22-53(40)46(55)44-27(3)60-28(4)51-44)61-43(24-59-41)32-9-11-37(12-10-32)58-23-30-15-35(48)21-36(49)16-30/h5-16,19-21,39-40,43H,17-18,22-24H2,1-4H3,(H,52,54)(H,56,57)/t39-,40-,43+/m0/s1. The number of aromatic nitrogens is 2. The summed E-state index contributed by atoms with van der Waals surface area (Å²) in [5.41, 5.74) is 7.33. The quantitative estimate of drug-likeness (QED) is 0.133. The lowest BCUT2D eigenvalue weighted by Crippen LogP contribution is -2.56. The predicted molar refractivity (Wildman–Crippen MR) is 218 cm³/mol. The van der Waals surface area contributed by atoms with Gasteiger partial charge in [-0.3, -0.25) is 14.6 Å². The van der Waals surface area contributed by atoms with Gasteiger partial charge in [0, 0.05) is 44.3 Å². The summed E-state index contributed by atoms with van der Waals surface area (Å²) >= 11 is 0. The van der Waals surface area contributed by atoms with Crippen molar-refractivity contribution in [1.82, 2.24) is 20.2 Å². The normalized spacial score (nSPS) is 16.1. The molecule has 0 saturated heterocycles. The number of ether oxygens (including phenoxy) is 3. The number of amides is 2. The second-order valence-corrected chi connectivity index (χ2v) is 15.3. The Bertz CT molecular complexity index is 2630. The van der Waals surface area contributed by atoms with Crippen LogP contribution in [0.4, 0.5) is 8.78 Å². The molecule has 2 aromatic heterocycles. The van der Waals surface area contributed by atoms with E-state index < -0.39 is 47.6 Å². The van der Waals surface area contributed by atoms with Crippen molar-refractivity contribution in [3.8, 4) is 28.4 Å². The highest BCUT2D eigenvalue weighted by atomic mass is 19.1. The Morgan fingerprint density at radius 3 is 2.31 bits per heavy atom. The molecular weight excluding hydrogens is 787 g/mol. The van der Waals surface area contributed by atoms with Gasteiger partial charge in [0.05, 0.1) is 0 Å². The van der Waals surface area contributed by atoms with Crippen molar-refractivity contribution in [2.45, 2.75) is 71.9 Å². The summed E-state index contributed by atoms with van der Waals surface area (Å²) < 4.78 is 51.1. The molecule has 0 radical (unpaired) electrons. The van der Waals surface area contributed by atoms with Crippen LogP contribution in [0.1, 0.15) is 67.3 Å². The zero-order chi connectivity index (χ0) is 42.9. The first-order valence-corrected chi connectivity index (χ1v) is 19.7. The van der Waals surface area contributed by atoms with Crippen LogP contribution in [-0.4, -0.2) is 56.4 Å². The number of fused-ring (bicyclic) bond motifs is 2. The third-order valence-electron chi connectivity index (χ3n) is 11.1. The number of hydrogen-bond acceptors (Lipinski definition) is 9. The van der Waals surface area contributed by atoms with Crippen LogP contribution in [0.25, 0.3) is 11.1 Å². The molecule has 0 spiro atoms. The Morgan fingerprint density at radius 1 is 0.902 bits per heavy atom. The van der Waals surface area contributed by atoms with E-state index >= 15 is 0 Å². The summed E-state index contributed by atoms with van der Waals surface area (Å²) in [6.07, 6.45) is 1.34. The van der Waals surface area contributed by atoms with Gasteiger partial charge in [-0.2, -0.15) is 0 Å². The van der Waals surface area contributed by atoms with Crippen LogP contribution in [0.2, 0.25) is 0 Å². The molecule has 2 amide bonds. The van der Waals surface area contributed by atoms with Crippen LogP contribution in [0.3, 0.4) is 0 Å². The highest BCUT2D eigenvalue weighted by molar-refractivity contribution is 5.98. The average molecular weight is 829 g/mol. The summed E-state index contributed by atoms with van der Waals surface area (Å²) in [7, 11) is 0. The van der Waals surface area contributed by atoms with Gasteiger partial charge in [-0.25, -0.2) is 18.6 Å². The largest absolute Gasteiger partial charge is 0.489 e. The third-order valence-corrected chi connectivity index (χ3v) is 11.1. The zero-order valence-corrected chi connectivity index (χ0v) is 33.8. The number of aliphatic carboxylic acids is 1. The molecule has 2 aliphatic rings. The molecule has 6 aromatic rings. The first-order valence-electron chi connectivity index (χ1n) is 19.7. The number of aryl methyl sites for hydroxylation is 3. The minimum absolute atomic E-state index is 0.00669. The molecule has 2 N–H and O–H groups in total. The Balaban J connectivity index is 0.994. The van der Waals surface area contributed by atoms with Gasteiger partial charge in [0.1, 0.15) is 48.4 Å². The van der Waals surface area contributed by atoms with Gasteiger partial charge in [-0.05, 0) is 108 Å². The summed E-state index contributed by atoms with van der Waals surface area (Å²) in [6, 6.07) is 21.0. The van der Waals surface area contributed by atoms with Gasteiger partial charge in [0.2, 0.25) is 5.91 Å². The number of nitrogens with zero attached hydrogens (tertiary/aromatic N) is 3. The van der Waals surface area contributed by atoms with Crippen molar-refractivity contribution in [1.29, 1.82) is 0 Å². The van der Waals surface area contributed by atoms with Crippen molar-refractivity contribution in [3.63, 3.8) is 0 Å². The second kappa shape index (κ2) is 16.9. The Labute approximate surface area is 350 Å². The fourth-order valence-corrected chi connectivity index (χ4v) is 7.74. The average Bonchev–Trinajstić information content (AvgIpc) is 3.59. The van der Waals surface area contributed by atoms with Gasteiger partial charge in [0.15, 0.2) is 29.2 Å². The smallest absolute Gasteiger partial charge is 0.326 e. The number of rotatable bonds is 11. The number of pyridine rings is 1. The highest BCUT2D eigenvalue weighted by Gasteiger charge is 2.39. The summed E-state index contributed by atoms with van der Waals surface area (Å²) in [5.74, 6) is -1.76. The molecule has 61 heavy (non-hydrogen) atoms. The molecule has 4 aromatic carbocycles. The molecule has 312 valence electrons. The van der Waals surface area contributed by atoms with E-state index in [9.17, 15) is 28.3 Å². The number of hydrogen-bond donors (Lipinski definition) is 2. The lowest BCUT2D eigenvalue weighted by molar-refractivity contribution is -0.142. The van der Waals surface area contributed by atoms with Gasteiger partial charge in [-0.15, -0.1) is 0 Å². The number of carbonyl (C=O) groups is 3. The molecule has 2 aliphatic heterocycles. The lowest BCUT2D eigenvalue weighted by Gasteiger charge is -2.37. The summed E-state index contributed by atoms with van der Waals surface area (Å²) in [5, 5.41) is 13.0. The number of halogens is 2. The number of carbonyl (C=O) groups excluding carboxylic acids is 2. The molecule has 14 heteroatoms. The first-order chi connectivity index (χ1) is 29.3. The SMILES string of the molecule is Cc1nc(C(=O)N2Cc3cc4c(cc3C[C@H]2C(=O)N[C@@H](Cc2ccc(-c3ccnc(C)c3C)cc2)C(=O)O)OC[C@H](c2ccc(OCc3cc(F)cc(F)c3)cc2)O4)c(C)o1. The molecule has 0 unspecified atom stereocenters. The number of benzene rings is 4. The van der Waals surface area contributed by atoms with E-state index in [1.807, 2.05) is 56.3 Å². The number of oxazole rings is 1. The van der Waals surface area contributed by atoms with Crippen LogP contribution in [0, 0.1) is 39.3 Å². The van der Waals surface area contributed by atoms with E-state index in [-0.39, 0.29) is 44.2 Å². The van der Waals surface area contributed by atoms with Crippen LogP contribution < -0.4 is 19.5 Å². The van der Waals surface area contributed by atoms with Gasteiger partial charge in [-0.1, -0.05) is 36.4 Å². The van der Waals surface area contributed by atoms with Crippen LogP contribution in [0.15, 0.2) is 95.5 Å². The predicted octanol–water partition coefficient (Wildman–Crippen LogP) is 7.72. The molecule has 12 nitrogen and oxygen atoms in total. The van der Waals surface area contributed by atoms with Crippen molar-refractivity contribution < 1.29 is 46.9 Å². The number of carboxylic acids is 1. The maximum atomic E-state index is 14.2. The van der Waals surface area contributed by atoms with Crippen LogP contribution in [-0.2, 0) is 35.6 Å². The zero-order valence-electron chi connectivity index (χ0n) is 33.8. The van der Waals surface area contributed by atoms with E-state index in [0.717, 1.165) is 39.6 Å². The molecule has 8 rings (SSSR count). The molecule has 0 aliphatic carbocycles. The van der Waals surface area contributed by atoms with E-state index in [1.165, 1.54) is 17.0 Å². The van der Waals surface area contributed by atoms with Gasteiger partial charge >= 0.3 is 5.97 Å². The number of carboxylic acid groups (broad SMARTS) is 1. The van der Waals surface area contributed by atoms with E-state index in [4.69, 9.17) is 18.6 Å². The number of nitrogens with one attached hydrogen (secondary N) is 1. The Kier molecular flexibility index (Phi) is 11.3. The monoisotopic (exact) mass is 828 g/mol. The minimum Gasteiger partial charge on any atom is -0.489 e. The van der Waals surface area contributed by atoms with Crippen LogP contribution >= 0.6 is 0 Å². The fourth-order valence-electron chi connectivity index (χ4n) is 7.74. The van der Waals surface area contributed by atoms with Crippen LogP contribution in [0.5, 0.6) is 17.2 Å². The molecular formula is C47H42F2N4O8. The molecule has 3 atom stereocenters. The maximum absolute atomic E-state index is 14.2. The highest BCUT2D eigenvalue weighted by Crippen LogP contribution is 2.41. The Morgan fingerprint density at radius 2 is 1.62 bits per heavy atom. The maximum Gasteiger partial charge on any atom is 0.326 e. The van der Waals surface area contributed by atoms with Crippen molar-refractivity contribution >= 4 is 17.8 Å². The van der Waals surface area contributed by atoms with Gasteiger partial charge < -0.3 is 34.0 Å². The third kappa shape index (κ3) is 8.79. The summed E-state index contributed by atoms with van der Waals surface area (Å²) in [6.45, 7) is 7.34. The van der Waals surface area contributed by atoms with Crippen molar-refractivity contribution in [3.05, 3.63) is 159 Å². The first kappa shape index (κ1) is 40.7. The fraction of sp³-hybridized carbons (Fsp3) is 0.255. The summed E-state index contributed by atoms with van der Waals surface area (Å²) in [4.78, 5) is 51.0. The lowest BCUT2D eigenvalue weighted by atomic mass is 9.91. The molecule has 4 heterocycles. The molecule has 0 fully saturated rings. The second-order valence-electron chi connectivity index (χ2n) is 15.3. The Hall–Kier alpha value is -7.09. The topological polar surface area (TPSA) is 153 Å². The molecule has 0 bridgehead atoms. The van der Waals surface area contributed by atoms with Gasteiger partial charge in [0.25, 0.3) is 5.91 Å². The molecule has 0 saturated carbocycles.